The minimum atomic E-state index is -1.01. The zero-order valence-electron chi connectivity index (χ0n) is 19.9. The van der Waals surface area contributed by atoms with Crippen LogP contribution in [-0.4, -0.2) is 6.61 Å². The quantitative estimate of drug-likeness (QED) is 0.363. The highest BCUT2D eigenvalue weighted by Crippen LogP contribution is 2.31. The van der Waals surface area contributed by atoms with Crippen LogP contribution in [0.5, 0.6) is 5.75 Å². The van der Waals surface area contributed by atoms with E-state index in [4.69, 9.17) is 4.74 Å². The summed E-state index contributed by atoms with van der Waals surface area (Å²) in [5.41, 5.74) is 1.75. The van der Waals surface area contributed by atoms with Gasteiger partial charge in [0.1, 0.15) is 0 Å². The molecule has 1 aliphatic carbocycles. The molecule has 0 unspecified atom stereocenters. The molecule has 0 amide bonds. The van der Waals surface area contributed by atoms with Gasteiger partial charge >= 0.3 is 0 Å². The van der Waals surface area contributed by atoms with Gasteiger partial charge in [0.15, 0.2) is 11.6 Å². The predicted octanol–water partition coefficient (Wildman–Crippen LogP) is 7.87. The van der Waals surface area contributed by atoms with Crippen LogP contribution in [0.25, 0.3) is 10.8 Å². The molecule has 1 aliphatic rings. The summed E-state index contributed by atoms with van der Waals surface area (Å²) < 4.78 is 33.7. The van der Waals surface area contributed by atoms with Crippen molar-refractivity contribution in [1.82, 2.24) is 0 Å². The van der Waals surface area contributed by atoms with Crippen LogP contribution >= 0.6 is 0 Å². The molecule has 0 aliphatic heterocycles. The van der Waals surface area contributed by atoms with Crippen LogP contribution in [0, 0.1) is 47.2 Å². The van der Waals surface area contributed by atoms with Crippen LogP contribution in [0.2, 0.25) is 0 Å². The zero-order valence-corrected chi connectivity index (χ0v) is 19.9. The van der Waals surface area contributed by atoms with Crippen molar-refractivity contribution >= 4 is 10.8 Å². The standard InChI is InChI=1S/C31H30F2O/c1-3-7-22-10-12-23(13-11-22)14-15-24-16-17-25(28-9-6-5-8-27(24)28)18-19-26-20-21-29(34-4-2)31(33)30(26)32/h5-6,8-9,16-17,20-23H,3-4,7,10-13H2,1-2H3. The lowest BCUT2D eigenvalue weighted by atomic mass is 9.80. The molecule has 0 aromatic heterocycles. The molecule has 0 atom stereocenters. The lowest BCUT2D eigenvalue weighted by molar-refractivity contribution is 0.300. The first-order valence-corrected chi connectivity index (χ1v) is 12.3. The number of halogens is 2. The van der Waals surface area contributed by atoms with E-state index in [1.54, 1.807) is 6.92 Å². The fraction of sp³-hybridized carbons (Fsp3) is 0.355. The van der Waals surface area contributed by atoms with Crippen molar-refractivity contribution in [2.45, 2.75) is 52.4 Å². The van der Waals surface area contributed by atoms with E-state index in [1.165, 1.54) is 50.7 Å². The highest BCUT2D eigenvalue weighted by atomic mass is 19.2. The Morgan fingerprint density at radius 2 is 1.38 bits per heavy atom. The summed E-state index contributed by atoms with van der Waals surface area (Å²) in [5, 5.41) is 1.99. The Bertz CT molecular complexity index is 1280. The van der Waals surface area contributed by atoms with Crippen LogP contribution in [0.15, 0.2) is 48.5 Å². The molecule has 1 saturated carbocycles. The van der Waals surface area contributed by atoms with Crippen molar-refractivity contribution in [3.05, 3.63) is 76.9 Å². The monoisotopic (exact) mass is 456 g/mol. The minimum Gasteiger partial charge on any atom is -0.491 e. The lowest BCUT2D eigenvalue weighted by Crippen LogP contribution is -2.13. The highest BCUT2D eigenvalue weighted by Gasteiger charge is 2.19. The van der Waals surface area contributed by atoms with Crippen LogP contribution in [0.4, 0.5) is 8.78 Å². The summed E-state index contributed by atoms with van der Waals surface area (Å²) in [7, 11) is 0. The van der Waals surface area contributed by atoms with Gasteiger partial charge in [0, 0.05) is 17.0 Å². The first-order chi connectivity index (χ1) is 16.6. The molecule has 0 bridgehead atoms. The van der Waals surface area contributed by atoms with Crippen molar-refractivity contribution in [3.63, 3.8) is 0 Å². The third-order valence-electron chi connectivity index (χ3n) is 6.56. The second-order valence-corrected chi connectivity index (χ2v) is 8.90. The molecule has 0 saturated heterocycles. The fourth-order valence-electron chi connectivity index (χ4n) is 4.73. The lowest BCUT2D eigenvalue weighted by Gasteiger charge is -2.25. The average molecular weight is 457 g/mol. The van der Waals surface area contributed by atoms with Crippen molar-refractivity contribution in [2.75, 3.05) is 6.61 Å². The summed E-state index contributed by atoms with van der Waals surface area (Å²) in [4.78, 5) is 0. The van der Waals surface area contributed by atoms with Gasteiger partial charge in [0.25, 0.3) is 0 Å². The van der Waals surface area contributed by atoms with Gasteiger partial charge in [-0.05, 0) is 73.6 Å². The molecule has 34 heavy (non-hydrogen) atoms. The molecule has 0 radical (unpaired) electrons. The van der Waals surface area contributed by atoms with Gasteiger partial charge in [-0.3, -0.25) is 0 Å². The number of ether oxygens (including phenoxy) is 1. The van der Waals surface area contributed by atoms with Crippen molar-refractivity contribution in [3.8, 4) is 29.4 Å². The summed E-state index contributed by atoms with van der Waals surface area (Å²) in [6.07, 6.45) is 7.53. The third-order valence-corrected chi connectivity index (χ3v) is 6.56. The number of benzene rings is 3. The van der Waals surface area contributed by atoms with E-state index < -0.39 is 11.6 Å². The van der Waals surface area contributed by atoms with Gasteiger partial charge in [0.2, 0.25) is 5.82 Å². The molecule has 4 rings (SSSR count). The third kappa shape index (κ3) is 5.43. The zero-order chi connectivity index (χ0) is 23.9. The predicted molar refractivity (Wildman–Crippen MR) is 135 cm³/mol. The molecular weight excluding hydrogens is 426 g/mol. The summed E-state index contributed by atoms with van der Waals surface area (Å²) >= 11 is 0. The summed E-state index contributed by atoms with van der Waals surface area (Å²) in [6, 6.07) is 14.7. The van der Waals surface area contributed by atoms with Gasteiger partial charge < -0.3 is 4.74 Å². The SMILES string of the molecule is CCCC1CCC(C#Cc2ccc(C#Cc3ccc(OCC)c(F)c3F)c3ccccc23)CC1. The van der Waals surface area contributed by atoms with Crippen molar-refractivity contribution in [2.24, 2.45) is 11.8 Å². The van der Waals surface area contributed by atoms with Gasteiger partial charge in [-0.1, -0.05) is 67.7 Å². The van der Waals surface area contributed by atoms with Crippen molar-refractivity contribution < 1.29 is 13.5 Å². The Morgan fingerprint density at radius 1 is 0.765 bits per heavy atom. The molecule has 3 heteroatoms. The number of hydrogen-bond donors (Lipinski definition) is 0. The van der Waals surface area contributed by atoms with Gasteiger partial charge in [-0.25, -0.2) is 4.39 Å². The van der Waals surface area contributed by atoms with E-state index in [-0.39, 0.29) is 17.9 Å². The van der Waals surface area contributed by atoms with E-state index >= 15 is 0 Å². The molecule has 1 fully saturated rings. The maximum absolute atomic E-state index is 14.4. The Labute approximate surface area is 201 Å². The van der Waals surface area contributed by atoms with E-state index in [1.807, 2.05) is 36.4 Å². The number of fused-ring (bicyclic) bond motifs is 1. The average Bonchev–Trinajstić information content (AvgIpc) is 2.86. The molecule has 0 spiro atoms. The normalized spacial score (nSPS) is 17.4. The smallest absolute Gasteiger partial charge is 0.201 e. The van der Waals surface area contributed by atoms with Crippen LogP contribution in [0.1, 0.15) is 69.1 Å². The number of rotatable bonds is 4. The molecular formula is C31H30F2O. The first-order valence-electron chi connectivity index (χ1n) is 12.3. The Balaban J connectivity index is 1.59. The molecule has 3 aromatic carbocycles. The van der Waals surface area contributed by atoms with Crippen LogP contribution < -0.4 is 4.74 Å². The van der Waals surface area contributed by atoms with E-state index in [2.05, 4.69) is 30.6 Å². The van der Waals surface area contributed by atoms with E-state index in [9.17, 15) is 8.78 Å². The second-order valence-electron chi connectivity index (χ2n) is 8.90. The maximum atomic E-state index is 14.4. The molecule has 3 aromatic rings. The topological polar surface area (TPSA) is 9.23 Å². The Kier molecular flexibility index (Phi) is 7.87. The Hall–Kier alpha value is -3.30. The Morgan fingerprint density at radius 3 is 2.03 bits per heavy atom. The first kappa shape index (κ1) is 23.8. The molecule has 174 valence electrons. The van der Waals surface area contributed by atoms with Crippen LogP contribution in [-0.2, 0) is 0 Å². The van der Waals surface area contributed by atoms with E-state index in [0.717, 1.165) is 27.8 Å². The maximum Gasteiger partial charge on any atom is 0.201 e. The van der Waals surface area contributed by atoms with Crippen LogP contribution in [0.3, 0.4) is 0 Å². The molecule has 0 N–H and O–H groups in total. The summed E-state index contributed by atoms with van der Waals surface area (Å²) in [5.74, 6) is 12.0. The van der Waals surface area contributed by atoms with Gasteiger partial charge in [-0.15, -0.1) is 0 Å². The fourth-order valence-corrected chi connectivity index (χ4v) is 4.73. The minimum absolute atomic E-state index is 0.00702. The van der Waals surface area contributed by atoms with Gasteiger partial charge in [-0.2, -0.15) is 4.39 Å². The highest BCUT2D eigenvalue weighted by molar-refractivity contribution is 5.93. The van der Waals surface area contributed by atoms with E-state index in [0.29, 0.717) is 5.92 Å². The van der Waals surface area contributed by atoms with Gasteiger partial charge in [0.05, 0.1) is 12.2 Å². The number of hydrogen-bond acceptors (Lipinski definition) is 1. The largest absolute Gasteiger partial charge is 0.491 e. The summed E-state index contributed by atoms with van der Waals surface area (Å²) in [6.45, 7) is 4.25. The van der Waals surface area contributed by atoms with Crippen molar-refractivity contribution in [1.29, 1.82) is 0 Å². The molecule has 1 nitrogen and oxygen atoms in total. The second kappa shape index (κ2) is 11.2. The molecule has 0 heterocycles.